The molecule has 0 aromatic heterocycles. The molecule has 30 heavy (non-hydrogen) atoms. The Morgan fingerprint density at radius 3 is 2.67 bits per heavy atom. The van der Waals surface area contributed by atoms with Gasteiger partial charge in [-0.25, -0.2) is 0 Å². The Kier molecular flexibility index (Phi) is 5.66. The van der Waals surface area contributed by atoms with Crippen LogP contribution in [-0.4, -0.2) is 31.1 Å². The standard InChI is InChI=1S/C24H28N2O4/c1-4-16-6-8-19(9-7-16)26-14-18(12-23(26)27)24(28)25-20-13-21-17(10-15(3)30-21)11-22(20)29-5-2/h6-9,11,13,15,18H,4-5,10,12,14H2,1-3H3,(H,25,28). The van der Waals surface area contributed by atoms with Crippen molar-refractivity contribution in [1.29, 1.82) is 0 Å². The third kappa shape index (κ3) is 3.99. The number of anilines is 2. The van der Waals surface area contributed by atoms with Gasteiger partial charge in [-0.05, 0) is 44.0 Å². The van der Waals surface area contributed by atoms with E-state index in [1.807, 2.05) is 50.2 Å². The van der Waals surface area contributed by atoms with E-state index in [1.54, 1.807) is 4.90 Å². The molecule has 0 aliphatic carbocycles. The van der Waals surface area contributed by atoms with Gasteiger partial charge in [0.1, 0.15) is 17.6 Å². The summed E-state index contributed by atoms with van der Waals surface area (Å²) in [6.07, 6.45) is 2.08. The lowest BCUT2D eigenvalue weighted by molar-refractivity contribution is -0.122. The van der Waals surface area contributed by atoms with Crippen molar-refractivity contribution in [2.24, 2.45) is 5.92 Å². The van der Waals surface area contributed by atoms with E-state index in [4.69, 9.17) is 9.47 Å². The van der Waals surface area contributed by atoms with E-state index in [9.17, 15) is 9.59 Å². The number of fused-ring (bicyclic) bond motifs is 1. The van der Waals surface area contributed by atoms with Crippen molar-refractivity contribution in [3.63, 3.8) is 0 Å². The first-order chi connectivity index (χ1) is 14.5. The minimum Gasteiger partial charge on any atom is -0.492 e. The first-order valence-corrected chi connectivity index (χ1v) is 10.6. The van der Waals surface area contributed by atoms with Gasteiger partial charge in [-0.15, -0.1) is 0 Å². The molecule has 2 aliphatic heterocycles. The quantitative estimate of drug-likeness (QED) is 0.786. The van der Waals surface area contributed by atoms with E-state index in [1.165, 1.54) is 5.56 Å². The largest absolute Gasteiger partial charge is 0.492 e. The van der Waals surface area contributed by atoms with Crippen molar-refractivity contribution >= 4 is 23.2 Å². The Morgan fingerprint density at radius 1 is 1.20 bits per heavy atom. The fourth-order valence-corrected chi connectivity index (χ4v) is 4.09. The van der Waals surface area contributed by atoms with Crippen LogP contribution in [0.25, 0.3) is 0 Å². The molecule has 1 N–H and O–H groups in total. The zero-order chi connectivity index (χ0) is 21.3. The number of carbonyl (C=O) groups is 2. The first kappa shape index (κ1) is 20.3. The summed E-state index contributed by atoms with van der Waals surface area (Å²) in [7, 11) is 0. The monoisotopic (exact) mass is 408 g/mol. The Balaban J connectivity index is 1.49. The van der Waals surface area contributed by atoms with E-state index in [0.29, 0.717) is 24.6 Å². The van der Waals surface area contributed by atoms with Crippen molar-refractivity contribution in [1.82, 2.24) is 0 Å². The Bertz CT molecular complexity index is 954. The van der Waals surface area contributed by atoms with Crippen molar-refractivity contribution in [3.05, 3.63) is 47.5 Å². The minimum atomic E-state index is -0.411. The molecule has 2 aliphatic rings. The number of hydrogen-bond donors (Lipinski definition) is 1. The lowest BCUT2D eigenvalue weighted by atomic mass is 10.1. The maximum Gasteiger partial charge on any atom is 0.229 e. The van der Waals surface area contributed by atoms with Gasteiger partial charge >= 0.3 is 0 Å². The number of nitrogens with zero attached hydrogens (tertiary/aromatic N) is 1. The molecule has 0 bridgehead atoms. The highest BCUT2D eigenvalue weighted by Gasteiger charge is 2.35. The lowest BCUT2D eigenvalue weighted by Crippen LogP contribution is -2.28. The zero-order valence-electron chi connectivity index (χ0n) is 17.7. The number of aryl methyl sites for hydroxylation is 1. The molecule has 2 atom stereocenters. The van der Waals surface area contributed by atoms with Crippen molar-refractivity contribution in [3.8, 4) is 11.5 Å². The van der Waals surface area contributed by atoms with Crippen LogP contribution in [0.2, 0.25) is 0 Å². The molecule has 158 valence electrons. The van der Waals surface area contributed by atoms with Gasteiger partial charge < -0.3 is 19.7 Å². The molecular formula is C24H28N2O4. The summed E-state index contributed by atoms with van der Waals surface area (Å²) in [5, 5.41) is 2.97. The number of benzene rings is 2. The number of amides is 2. The van der Waals surface area contributed by atoms with Gasteiger partial charge in [-0.1, -0.05) is 19.1 Å². The maximum atomic E-state index is 13.0. The second-order valence-electron chi connectivity index (χ2n) is 7.94. The average molecular weight is 408 g/mol. The maximum absolute atomic E-state index is 13.0. The van der Waals surface area contributed by atoms with Gasteiger partial charge in [0.05, 0.1) is 18.2 Å². The van der Waals surface area contributed by atoms with Gasteiger partial charge in [-0.3, -0.25) is 9.59 Å². The number of hydrogen-bond acceptors (Lipinski definition) is 4. The van der Waals surface area contributed by atoms with E-state index in [0.717, 1.165) is 29.8 Å². The Labute approximate surface area is 177 Å². The summed E-state index contributed by atoms with van der Waals surface area (Å²) in [5.41, 5.74) is 3.73. The van der Waals surface area contributed by atoms with E-state index < -0.39 is 5.92 Å². The van der Waals surface area contributed by atoms with Crippen LogP contribution >= 0.6 is 0 Å². The van der Waals surface area contributed by atoms with Crippen LogP contribution in [0.4, 0.5) is 11.4 Å². The highest BCUT2D eigenvalue weighted by Crippen LogP contribution is 2.38. The van der Waals surface area contributed by atoms with Crippen LogP contribution in [0.5, 0.6) is 11.5 Å². The van der Waals surface area contributed by atoms with Crippen molar-refractivity contribution in [2.45, 2.75) is 46.1 Å². The van der Waals surface area contributed by atoms with Crippen molar-refractivity contribution in [2.75, 3.05) is 23.4 Å². The number of ether oxygens (including phenoxy) is 2. The molecule has 6 nitrogen and oxygen atoms in total. The van der Waals surface area contributed by atoms with Crippen LogP contribution < -0.4 is 19.7 Å². The fraction of sp³-hybridized carbons (Fsp3) is 0.417. The van der Waals surface area contributed by atoms with Gasteiger partial charge in [0, 0.05) is 36.7 Å². The Morgan fingerprint density at radius 2 is 1.97 bits per heavy atom. The fourth-order valence-electron chi connectivity index (χ4n) is 4.09. The molecule has 2 amide bonds. The second-order valence-corrected chi connectivity index (χ2v) is 7.94. The van der Waals surface area contributed by atoms with E-state index >= 15 is 0 Å². The molecule has 0 saturated carbocycles. The number of carbonyl (C=O) groups excluding carboxylic acids is 2. The van der Waals surface area contributed by atoms with Crippen LogP contribution in [-0.2, 0) is 22.4 Å². The average Bonchev–Trinajstić information content (AvgIpc) is 3.30. The molecule has 0 radical (unpaired) electrons. The summed E-state index contributed by atoms with van der Waals surface area (Å²) in [6.45, 7) is 6.90. The second kappa shape index (κ2) is 8.38. The molecular weight excluding hydrogens is 380 g/mol. The molecule has 0 spiro atoms. The molecule has 1 fully saturated rings. The normalized spacial score (nSPS) is 20.1. The summed E-state index contributed by atoms with van der Waals surface area (Å²) in [6, 6.07) is 11.7. The highest BCUT2D eigenvalue weighted by molar-refractivity contribution is 6.04. The van der Waals surface area contributed by atoms with E-state index in [-0.39, 0.29) is 24.3 Å². The minimum absolute atomic E-state index is 0.0319. The summed E-state index contributed by atoms with van der Waals surface area (Å²) >= 11 is 0. The summed E-state index contributed by atoms with van der Waals surface area (Å²) < 4.78 is 11.6. The summed E-state index contributed by atoms with van der Waals surface area (Å²) in [4.78, 5) is 27.2. The highest BCUT2D eigenvalue weighted by atomic mass is 16.5. The van der Waals surface area contributed by atoms with Crippen LogP contribution in [0.3, 0.4) is 0 Å². The van der Waals surface area contributed by atoms with Crippen LogP contribution in [0.15, 0.2) is 36.4 Å². The smallest absolute Gasteiger partial charge is 0.229 e. The van der Waals surface area contributed by atoms with E-state index in [2.05, 4.69) is 12.2 Å². The SMILES string of the molecule is CCOc1cc2c(cc1NC(=O)C1CC(=O)N(c3ccc(CC)cc3)C1)OC(C)C2. The molecule has 2 heterocycles. The molecule has 2 unspecified atom stereocenters. The van der Waals surface area contributed by atoms with Gasteiger partial charge in [0.15, 0.2) is 0 Å². The molecule has 6 heteroatoms. The first-order valence-electron chi connectivity index (χ1n) is 10.6. The third-order valence-electron chi connectivity index (χ3n) is 5.71. The predicted molar refractivity (Wildman–Crippen MR) is 116 cm³/mol. The number of rotatable bonds is 6. The summed E-state index contributed by atoms with van der Waals surface area (Å²) in [5.74, 6) is 0.796. The van der Waals surface area contributed by atoms with Crippen LogP contribution in [0, 0.1) is 5.92 Å². The zero-order valence-corrected chi connectivity index (χ0v) is 17.7. The topological polar surface area (TPSA) is 67.9 Å². The van der Waals surface area contributed by atoms with Gasteiger partial charge in [0.2, 0.25) is 11.8 Å². The molecule has 2 aromatic rings. The lowest BCUT2D eigenvalue weighted by Gasteiger charge is -2.18. The van der Waals surface area contributed by atoms with Gasteiger partial charge in [-0.2, -0.15) is 0 Å². The number of nitrogens with one attached hydrogen (secondary N) is 1. The Hall–Kier alpha value is -3.02. The third-order valence-corrected chi connectivity index (χ3v) is 5.71. The molecule has 4 rings (SSSR count). The predicted octanol–water partition coefficient (Wildman–Crippen LogP) is 3.96. The molecule has 1 saturated heterocycles. The van der Waals surface area contributed by atoms with Crippen LogP contribution in [0.1, 0.15) is 38.3 Å². The molecule has 2 aromatic carbocycles. The van der Waals surface area contributed by atoms with Gasteiger partial charge in [0.25, 0.3) is 0 Å². The van der Waals surface area contributed by atoms with Crippen molar-refractivity contribution < 1.29 is 19.1 Å².